The number of hydrogen-bond donors (Lipinski definition) is 3. The molecule has 11 heavy (non-hydrogen) atoms. The number of rotatable bonds is 5. The van der Waals surface area contributed by atoms with E-state index in [2.05, 4.69) is 5.32 Å². The molecular weight excluding hydrogens is 170 g/mol. The van der Waals surface area contributed by atoms with Crippen molar-refractivity contribution in [2.45, 2.75) is 6.42 Å². The second kappa shape index (κ2) is 7.30. The van der Waals surface area contributed by atoms with Crippen LogP contribution in [0.25, 0.3) is 0 Å². The van der Waals surface area contributed by atoms with Gasteiger partial charge in [-0.05, 0) is 0 Å². The van der Waals surface area contributed by atoms with Gasteiger partial charge >= 0.3 is 0 Å². The summed E-state index contributed by atoms with van der Waals surface area (Å²) in [6.45, 7) is 0.492. The third kappa shape index (κ3) is 12.4. The van der Waals surface area contributed by atoms with Crippen molar-refractivity contribution in [3.8, 4) is 0 Å². The van der Waals surface area contributed by atoms with Crippen LogP contribution in [0.15, 0.2) is 0 Å². The highest BCUT2D eigenvalue weighted by molar-refractivity contribution is 5.85. The molecule has 0 aliphatic rings. The molecule has 0 saturated heterocycles. The first-order chi connectivity index (χ1) is 4.63. The maximum atomic E-state index is 10.1. The largest absolute Gasteiger partial charge is 0.370 e. The summed E-state index contributed by atoms with van der Waals surface area (Å²) in [4.78, 5) is 20.2. The highest BCUT2D eigenvalue weighted by atomic mass is 35.5. The van der Waals surface area contributed by atoms with Gasteiger partial charge in [-0.15, -0.1) is 12.4 Å². The molecule has 0 aromatic carbocycles. The van der Waals surface area contributed by atoms with E-state index in [1.807, 2.05) is 0 Å². The molecule has 0 spiro atoms. The van der Waals surface area contributed by atoms with Crippen LogP contribution in [0, 0.1) is 0 Å². The number of nitrogens with one attached hydrogen (secondary N) is 1. The van der Waals surface area contributed by atoms with E-state index < -0.39 is 11.8 Å². The van der Waals surface area contributed by atoms with E-state index in [4.69, 9.17) is 11.5 Å². The second-order valence-electron chi connectivity index (χ2n) is 1.86. The van der Waals surface area contributed by atoms with Crippen molar-refractivity contribution in [3.05, 3.63) is 0 Å². The fourth-order valence-electron chi connectivity index (χ4n) is 0.423. The molecule has 0 aromatic rings. The monoisotopic (exact) mass is 181 g/mol. The summed E-state index contributed by atoms with van der Waals surface area (Å²) in [5.41, 5.74) is 9.61. The molecule has 5 nitrogen and oxygen atoms in total. The van der Waals surface area contributed by atoms with Crippen LogP contribution in [-0.2, 0) is 9.59 Å². The lowest BCUT2D eigenvalue weighted by atomic mass is 10.4. The lowest BCUT2D eigenvalue weighted by Gasteiger charge is -1.97. The zero-order chi connectivity index (χ0) is 7.98. The zero-order valence-electron chi connectivity index (χ0n) is 6.00. The van der Waals surface area contributed by atoms with Crippen molar-refractivity contribution in [1.82, 2.24) is 5.32 Å². The molecule has 0 unspecified atom stereocenters. The molecule has 2 amide bonds. The zero-order valence-corrected chi connectivity index (χ0v) is 6.82. The lowest BCUT2D eigenvalue weighted by Crippen LogP contribution is -2.30. The summed E-state index contributed by atoms with van der Waals surface area (Å²) in [6.07, 6.45) is 0.229. The van der Waals surface area contributed by atoms with Crippen LogP contribution in [0.5, 0.6) is 0 Å². The number of primary amides is 2. The Morgan fingerprint density at radius 2 is 1.73 bits per heavy atom. The average Bonchev–Trinajstić information content (AvgIpc) is 1.79. The van der Waals surface area contributed by atoms with E-state index in [-0.39, 0.29) is 25.4 Å². The Kier molecular flexibility index (Phi) is 8.51. The molecule has 0 fully saturated rings. The summed E-state index contributed by atoms with van der Waals surface area (Å²) < 4.78 is 0. The molecule has 66 valence electrons. The van der Waals surface area contributed by atoms with Gasteiger partial charge in [0.15, 0.2) is 0 Å². The topological polar surface area (TPSA) is 98.2 Å². The maximum Gasteiger partial charge on any atom is 0.231 e. The smallest absolute Gasteiger partial charge is 0.231 e. The van der Waals surface area contributed by atoms with E-state index in [1.165, 1.54) is 0 Å². The summed E-state index contributed by atoms with van der Waals surface area (Å²) in [5, 5.41) is 2.64. The summed E-state index contributed by atoms with van der Waals surface area (Å²) in [7, 11) is 0. The number of amides is 2. The quantitative estimate of drug-likeness (QED) is 0.444. The van der Waals surface area contributed by atoms with Gasteiger partial charge in [-0.1, -0.05) is 0 Å². The molecule has 0 aromatic heterocycles. The van der Waals surface area contributed by atoms with Crippen LogP contribution in [0.2, 0.25) is 0 Å². The molecule has 0 bridgehead atoms. The van der Waals surface area contributed by atoms with Crippen LogP contribution >= 0.6 is 12.4 Å². The van der Waals surface area contributed by atoms with Gasteiger partial charge in [-0.3, -0.25) is 9.59 Å². The fraction of sp³-hybridized carbons (Fsp3) is 0.600. The number of nitrogens with two attached hydrogens (primary N) is 2. The molecule has 6 heteroatoms. The van der Waals surface area contributed by atoms with Crippen molar-refractivity contribution in [2.24, 2.45) is 11.5 Å². The van der Waals surface area contributed by atoms with Crippen molar-refractivity contribution in [1.29, 1.82) is 0 Å². The minimum absolute atomic E-state index is 0. The normalized spacial score (nSPS) is 8.36. The van der Waals surface area contributed by atoms with Crippen molar-refractivity contribution in [3.63, 3.8) is 0 Å². The van der Waals surface area contributed by atoms with Gasteiger partial charge in [0, 0.05) is 13.0 Å². The first-order valence-corrected chi connectivity index (χ1v) is 2.90. The Morgan fingerprint density at radius 3 is 2.09 bits per heavy atom. The van der Waals surface area contributed by atoms with Gasteiger partial charge in [0.05, 0.1) is 6.54 Å². The van der Waals surface area contributed by atoms with Gasteiger partial charge in [0.1, 0.15) is 0 Å². The highest BCUT2D eigenvalue weighted by Gasteiger charge is 1.94. The second-order valence-corrected chi connectivity index (χ2v) is 1.86. The number of carbonyl (C=O) groups is 2. The molecule has 0 rings (SSSR count). The highest BCUT2D eigenvalue weighted by Crippen LogP contribution is 1.70. The van der Waals surface area contributed by atoms with Crippen molar-refractivity contribution < 1.29 is 9.59 Å². The Bertz CT molecular complexity index is 124. The summed E-state index contributed by atoms with van der Waals surface area (Å²) >= 11 is 0. The third-order valence-corrected chi connectivity index (χ3v) is 0.847. The predicted molar refractivity (Wildman–Crippen MR) is 43.1 cm³/mol. The first kappa shape index (κ1) is 12.8. The van der Waals surface area contributed by atoms with Crippen LogP contribution in [0.3, 0.4) is 0 Å². The van der Waals surface area contributed by atoms with E-state index in [9.17, 15) is 9.59 Å². The maximum absolute atomic E-state index is 10.1. The fourth-order valence-corrected chi connectivity index (χ4v) is 0.423. The average molecular weight is 182 g/mol. The first-order valence-electron chi connectivity index (χ1n) is 2.90. The summed E-state index contributed by atoms with van der Waals surface area (Å²) in [6, 6.07) is 0. The van der Waals surface area contributed by atoms with E-state index in [0.29, 0.717) is 6.54 Å². The lowest BCUT2D eigenvalue weighted by molar-refractivity contribution is -0.119. The molecule has 0 aliphatic carbocycles. The van der Waals surface area contributed by atoms with Gasteiger partial charge in [0.25, 0.3) is 0 Å². The molecule has 0 atom stereocenters. The van der Waals surface area contributed by atoms with Gasteiger partial charge in [0.2, 0.25) is 11.8 Å². The van der Waals surface area contributed by atoms with Crippen LogP contribution in [-0.4, -0.2) is 24.9 Å². The minimum atomic E-state index is -0.440. The van der Waals surface area contributed by atoms with E-state index >= 15 is 0 Å². The van der Waals surface area contributed by atoms with E-state index in [0.717, 1.165) is 0 Å². The van der Waals surface area contributed by atoms with Gasteiger partial charge < -0.3 is 16.8 Å². The molecule has 0 aliphatic heterocycles. The Morgan fingerprint density at radius 1 is 1.18 bits per heavy atom. The number of carbonyl (C=O) groups excluding carboxylic acids is 2. The predicted octanol–water partition coefficient (Wildman–Crippen LogP) is -1.64. The standard InChI is InChI=1S/C5H11N3O2.ClH/c6-4(9)1-2-8-3-5(7)10;/h8H,1-3H2,(H2,6,9)(H2,7,10);1H. The van der Waals surface area contributed by atoms with Crippen LogP contribution in [0.4, 0.5) is 0 Å². The molecule has 5 N–H and O–H groups in total. The molecular formula is C5H12ClN3O2. The number of hydrogen-bond acceptors (Lipinski definition) is 3. The van der Waals surface area contributed by atoms with Crippen LogP contribution in [0.1, 0.15) is 6.42 Å². The van der Waals surface area contributed by atoms with Gasteiger partial charge in [-0.2, -0.15) is 0 Å². The van der Waals surface area contributed by atoms with Gasteiger partial charge in [-0.25, -0.2) is 0 Å². The van der Waals surface area contributed by atoms with E-state index in [1.54, 1.807) is 0 Å². The Labute approximate surface area is 70.9 Å². The summed E-state index contributed by atoms with van der Waals surface area (Å²) in [5.74, 6) is -0.832. The number of halogens is 1. The van der Waals surface area contributed by atoms with Crippen molar-refractivity contribution in [2.75, 3.05) is 13.1 Å². The Balaban J connectivity index is 0. The molecule has 0 radical (unpaired) electrons. The third-order valence-electron chi connectivity index (χ3n) is 0.847. The van der Waals surface area contributed by atoms with Crippen LogP contribution < -0.4 is 16.8 Å². The molecule has 0 saturated carbocycles. The molecule has 0 heterocycles. The Hall–Kier alpha value is -0.810. The minimum Gasteiger partial charge on any atom is -0.370 e. The SMILES string of the molecule is Cl.NC(=O)CCNCC(N)=O. The van der Waals surface area contributed by atoms with Crippen molar-refractivity contribution >= 4 is 24.2 Å².